The lowest BCUT2D eigenvalue weighted by molar-refractivity contribution is -0.124. The Kier molecular flexibility index (Phi) is 4.02. The molecule has 20 heavy (non-hydrogen) atoms. The molecule has 2 aromatic heterocycles. The van der Waals surface area contributed by atoms with E-state index in [1.54, 1.807) is 35.6 Å². The van der Waals surface area contributed by atoms with Crippen LogP contribution in [0.4, 0.5) is 5.69 Å². The van der Waals surface area contributed by atoms with Crippen LogP contribution < -0.4 is 11.1 Å². The number of anilines is 1. The Hall–Kier alpha value is -2.37. The third-order valence-electron chi connectivity index (χ3n) is 3.02. The molecule has 1 unspecified atom stereocenters. The van der Waals surface area contributed by atoms with Crippen LogP contribution in [0.25, 0.3) is 11.3 Å². The predicted octanol–water partition coefficient (Wildman–Crippen LogP) is 1.61. The van der Waals surface area contributed by atoms with E-state index in [2.05, 4.69) is 15.3 Å². The summed E-state index contributed by atoms with van der Waals surface area (Å²) in [4.78, 5) is 20.3. The second-order valence-corrected chi connectivity index (χ2v) is 4.99. The number of nitrogens with one attached hydrogen (secondary N) is 1. The summed E-state index contributed by atoms with van der Waals surface area (Å²) in [5, 5.41) is 2.89. The molecule has 1 amide bonds. The molecule has 0 aliphatic rings. The van der Waals surface area contributed by atoms with Crippen molar-refractivity contribution in [1.82, 2.24) is 19.9 Å². The van der Waals surface area contributed by atoms with Crippen LogP contribution in [0.15, 0.2) is 31.0 Å². The van der Waals surface area contributed by atoms with Crippen LogP contribution in [0.3, 0.4) is 0 Å². The molecule has 0 aromatic carbocycles. The largest absolute Gasteiger partial charge is 0.398 e. The molecular formula is C14H19N5O. The third kappa shape index (κ3) is 2.79. The molecule has 6 heteroatoms. The molecule has 0 saturated carbocycles. The molecule has 0 saturated heterocycles. The number of carbonyl (C=O) groups excluding carboxylic acids is 1. The first-order valence-corrected chi connectivity index (χ1v) is 6.52. The number of nitrogen functional groups attached to an aromatic ring is 1. The van der Waals surface area contributed by atoms with Crippen LogP contribution in [0.1, 0.15) is 26.8 Å². The Morgan fingerprint density at radius 1 is 1.30 bits per heavy atom. The van der Waals surface area contributed by atoms with Crippen molar-refractivity contribution in [3.63, 3.8) is 0 Å². The van der Waals surface area contributed by atoms with Crippen LogP contribution in [-0.4, -0.2) is 26.5 Å². The summed E-state index contributed by atoms with van der Waals surface area (Å²) in [7, 11) is 0. The number of aromatic nitrogens is 3. The standard InChI is InChI=1S/C14H19N5O/c1-9(2)18-14(20)10(3)19-8-17-7-13(19)11-6-16-5-4-12(11)15/h4-10H,1-3H3,(H2,15,16)(H,18,20). The van der Waals surface area contributed by atoms with Crippen molar-refractivity contribution < 1.29 is 4.79 Å². The minimum atomic E-state index is -0.366. The highest BCUT2D eigenvalue weighted by Gasteiger charge is 2.19. The summed E-state index contributed by atoms with van der Waals surface area (Å²) in [6.07, 6.45) is 6.63. The number of hydrogen-bond acceptors (Lipinski definition) is 4. The summed E-state index contributed by atoms with van der Waals surface area (Å²) in [5.74, 6) is -0.0540. The minimum absolute atomic E-state index is 0.0540. The van der Waals surface area contributed by atoms with Crippen molar-refractivity contribution in [3.05, 3.63) is 31.0 Å². The van der Waals surface area contributed by atoms with Gasteiger partial charge in [0.2, 0.25) is 5.91 Å². The van der Waals surface area contributed by atoms with E-state index in [4.69, 9.17) is 5.73 Å². The van der Waals surface area contributed by atoms with E-state index in [-0.39, 0.29) is 18.0 Å². The number of pyridine rings is 1. The van der Waals surface area contributed by atoms with Crippen LogP contribution >= 0.6 is 0 Å². The van der Waals surface area contributed by atoms with Crippen LogP contribution in [0, 0.1) is 0 Å². The third-order valence-corrected chi connectivity index (χ3v) is 3.02. The van der Waals surface area contributed by atoms with Crippen molar-refractivity contribution in [2.75, 3.05) is 5.73 Å². The molecule has 0 spiro atoms. The molecule has 3 N–H and O–H groups in total. The number of nitrogens with two attached hydrogens (primary N) is 1. The number of amides is 1. The van der Waals surface area contributed by atoms with Gasteiger partial charge in [0.25, 0.3) is 0 Å². The van der Waals surface area contributed by atoms with Gasteiger partial charge in [0.05, 0.1) is 18.2 Å². The molecule has 2 aromatic rings. The normalized spacial score (nSPS) is 12.4. The average molecular weight is 273 g/mol. The summed E-state index contributed by atoms with van der Waals surface area (Å²) < 4.78 is 1.80. The van der Waals surface area contributed by atoms with Gasteiger partial charge in [-0.25, -0.2) is 4.98 Å². The molecule has 0 aliphatic heterocycles. The Labute approximate surface area is 118 Å². The van der Waals surface area contributed by atoms with Crippen molar-refractivity contribution >= 4 is 11.6 Å². The van der Waals surface area contributed by atoms with Crippen LogP contribution in [0.2, 0.25) is 0 Å². The molecule has 0 aliphatic carbocycles. The minimum Gasteiger partial charge on any atom is -0.398 e. The topological polar surface area (TPSA) is 85.8 Å². The van der Waals surface area contributed by atoms with Crippen molar-refractivity contribution in [1.29, 1.82) is 0 Å². The summed E-state index contributed by atoms with van der Waals surface area (Å²) in [5.41, 5.74) is 8.12. The highest BCUT2D eigenvalue weighted by molar-refractivity contribution is 5.82. The number of carbonyl (C=O) groups is 1. The molecule has 2 rings (SSSR count). The number of hydrogen-bond donors (Lipinski definition) is 2. The highest BCUT2D eigenvalue weighted by atomic mass is 16.2. The van der Waals surface area contributed by atoms with E-state index in [0.29, 0.717) is 5.69 Å². The maximum absolute atomic E-state index is 12.1. The smallest absolute Gasteiger partial charge is 0.243 e. The monoisotopic (exact) mass is 273 g/mol. The molecule has 0 radical (unpaired) electrons. The van der Waals surface area contributed by atoms with Gasteiger partial charge in [-0.2, -0.15) is 0 Å². The van der Waals surface area contributed by atoms with Gasteiger partial charge in [-0.15, -0.1) is 0 Å². The van der Waals surface area contributed by atoms with Gasteiger partial charge >= 0.3 is 0 Å². The fourth-order valence-corrected chi connectivity index (χ4v) is 1.97. The zero-order valence-electron chi connectivity index (χ0n) is 11.9. The van der Waals surface area contributed by atoms with Gasteiger partial charge < -0.3 is 15.6 Å². The SMILES string of the molecule is CC(C)NC(=O)C(C)n1cncc1-c1cnccc1N. The zero-order chi connectivity index (χ0) is 14.7. The Morgan fingerprint density at radius 3 is 2.70 bits per heavy atom. The highest BCUT2D eigenvalue weighted by Crippen LogP contribution is 2.26. The van der Waals surface area contributed by atoms with Gasteiger partial charge in [0.15, 0.2) is 0 Å². The first-order chi connectivity index (χ1) is 9.50. The quantitative estimate of drug-likeness (QED) is 0.886. The van der Waals surface area contributed by atoms with Gasteiger partial charge in [-0.1, -0.05) is 0 Å². The maximum atomic E-state index is 12.1. The molecule has 106 valence electrons. The molecule has 1 atom stereocenters. The van der Waals surface area contributed by atoms with Crippen LogP contribution in [-0.2, 0) is 4.79 Å². The number of rotatable bonds is 4. The van der Waals surface area contributed by atoms with Crippen LogP contribution in [0.5, 0.6) is 0 Å². The first kappa shape index (κ1) is 14.0. The van der Waals surface area contributed by atoms with E-state index < -0.39 is 0 Å². The van der Waals surface area contributed by atoms with E-state index in [9.17, 15) is 4.79 Å². The van der Waals surface area contributed by atoms with E-state index >= 15 is 0 Å². The van der Waals surface area contributed by atoms with Crippen molar-refractivity contribution in [3.8, 4) is 11.3 Å². The van der Waals surface area contributed by atoms with Gasteiger partial charge in [0.1, 0.15) is 6.04 Å². The Morgan fingerprint density at radius 2 is 2.05 bits per heavy atom. The molecule has 0 fully saturated rings. The van der Waals surface area contributed by atoms with E-state index in [0.717, 1.165) is 11.3 Å². The molecule has 2 heterocycles. The Bertz CT molecular complexity index is 605. The summed E-state index contributed by atoms with van der Waals surface area (Å²) in [6, 6.07) is 1.46. The van der Waals surface area contributed by atoms with Gasteiger partial charge in [-0.3, -0.25) is 9.78 Å². The lowest BCUT2D eigenvalue weighted by Crippen LogP contribution is -2.35. The first-order valence-electron chi connectivity index (χ1n) is 6.52. The molecular weight excluding hydrogens is 254 g/mol. The van der Waals surface area contributed by atoms with Crippen molar-refractivity contribution in [2.45, 2.75) is 32.9 Å². The number of imidazole rings is 1. The summed E-state index contributed by atoms with van der Waals surface area (Å²) >= 11 is 0. The predicted molar refractivity (Wildman–Crippen MR) is 77.9 cm³/mol. The second-order valence-electron chi connectivity index (χ2n) is 4.99. The lowest BCUT2D eigenvalue weighted by Gasteiger charge is -2.18. The lowest BCUT2D eigenvalue weighted by atomic mass is 10.1. The van der Waals surface area contributed by atoms with E-state index in [1.807, 2.05) is 20.8 Å². The fourth-order valence-electron chi connectivity index (χ4n) is 1.97. The van der Waals surface area contributed by atoms with Gasteiger partial charge in [-0.05, 0) is 26.8 Å². The molecule has 0 bridgehead atoms. The van der Waals surface area contributed by atoms with E-state index in [1.165, 1.54) is 0 Å². The zero-order valence-corrected chi connectivity index (χ0v) is 11.9. The summed E-state index contributed by atoms with van der Waals surface area (Å²) in [6.45, 7) is 5.69. The number of nitrogens with zero attached hydrogens (tertiary/aromatic N) is 3. The average Bonchev–Trinajstić information content (AvgIpc) is 2.86. The maximum Gasteiger partial charge on any atom is 0.243 e. The second kappa shape index (κ2) is 5.73. The van der Waals surface area contributed by atoms with Gasteiger partial charge in [0, 0.05) is 29.7 Å². The Balaban J connectivity index is 2.34. The molecule has 6 nitrogen and oxygen atoms in total. The fraction of sp³-hybridized carbons (Fsp3) is 0.357. The van der Waals surface area contributed by atoms with Crippen molar-refractivity contribution in [2.24, 2.45) is 0 Å².